The maximum Gasteiger partial charge on any atom is 0.228 e. The highest BCUT2D eigenvalue weighted by Gasteiger charge is 2.27. The monoisotopic (exact) mass is 347 g/mol. The second kappa shape index (κ2) is 8.68. The second-order valence-electron chi connectivity index (χ2n) is 7.99. The Morgan fingerprint density at radius 1 is 1.12 bits per heavy atom. The Kier molecular flexibility index (Phi) is 6.85. The van der Waals surface area contributed by atoms with Gasteiger partial charge in [0.25, 0.3) is 0 Å². The number of carbonyl (C=O) groups excluding carboxylic acids is 1. The van der Waals surface area contributed by atoms with Crippen LogP contribution in [0, 0.1) is 5.41 Å². The van der Waals surface area contributed by atoms with Crippen LogP contribution in [0.4, 0.5) is 5.69 Å². The van der Waals surface area contributed by atoms with Crippen molar-refractivity contribution in [2.45, 2.75) is 27.3 Å². The lowest BCUT2D eigenvalue weighted by Crippen LogP contribution is -2.45. The molecule has 0 saturated carbocycles. The number of anilines is 1. The average Bonchev–Trinajstić information content (AvgIpc) is 2.58. The Labute approximate surface area is 152 Å². The molecule has 5 nitrogen and oxygen atoms in total. The Morgan fingerprint density at radius 2 is 1.72 bits per heavy atom. The van der Waals surface area contributed by atoms with Gasteiger partial charge in [0.1, 0.15) is 0 Å². The van der Waals surface area contributed by atoms with Crippen LogP contribution in [0.3, 0.4) is 0 Å². The van der Waals surface area contributed by atoms with Crippen molar-refractivity contribution in [1.82, 2.24) is 9.80 Å². The molecule has 0 spiro atoms. The molecule has 0 N–H and O–H groups in total. The zero-order valence-corrected chi connectivity index (χ0v) is 16.4. The van der Waals surface area contributed by atoms with Crippen LogP contribution in [-0.2, 0) is 16.1 Å². The van der Waals surface area contributed by atoms with E-state index in [-0.39, 0.29) is 11.3 Å². The van der Waals surface area contributed by atoms with Gasteiger partial charge in [-0.05, 0) is 17.7 Å². The fourth-order valence-corrected chi connectivity index (χ4v) is 2.93. The molecule has 140 valence electrons. The first-order chi connectivity index (χ1) is 11.8. The average molecular weight is 348 g/mol. The molecule has 0 aromatic heterocycles. The first-order valence-corrected chi connectivity index (χ1v) is 9.13. The van der Waals surface area contributed by atoms with Gasteiger partial charge in [-0.3, -0.25) is 9.69 Å². The molecule has 1 aliphatic rings. The summed E-state index contributed by atoms with van der Waals surface area (Å²) in [4.78, 5) is 19.4. The van der Waals surface area contributed by atoms with Crippen LogP contribution in [-0.4, -0.2) is 69.2 Å². The lowest BCUT2D eigenvalue weighted by molar-refractivity contribution is -0.140. The number of hydrogen-bond acceptors (Lipinski definition) is 4. The Morgan fingerprint density at radius 3 is 2.24 bits per heavy atom. The van der Waals surface area contributed by atoms with E-state index in [1.807, 2.05) is 39.8 Å². The van der Waals surface area contributed by atoms with Crippen LogP contribution >= 0.6 is 0 Å². The smallest absolute Gasteiger partial charge is 0.228 e. The Hall–Kier alpha value is -1.59. The van der Waals surface area contributed by atoms with E-state index in [0.29, 0.717) is 6.54 Å². The third-order valence-electron chi connectivity index (χ3n) is 4.54. The molecular formula is C20H33N3O2. The minimum atomic E-state index is -0.366. The molecule has 1 aliphatic heterocycles. The van der Waals surface area contributed by atoms with Crippen molar-refractivity contribution in [2.75, 3.05) is 58.4 Å². The molecule has 25 heavy (non-hydrogen) atoms. The standard InChI is InChI=1S/C20H33N3O2/c1-20(2,3)19(24)23(11-10-22-12-14-25-15-13-22)16-17-6-8-18(9-7-17)21(4)5/h6-9H,10-16H2,1-5H3. The van der Waals surface area contributed by atoms with E-state index in [1.54, 1.807) is 0 Å². The van der Waals surface area contributed by atoms with Crippen LogP contribution in [0.25, 0.3) is 0 Å². The van der Waals surface area contributed by atoms with Crippen molar-refractivity contribution in [3.05, 3.63) is 29.8 Å². The SMILES string of the molecule is CN(C)c1ccc(CN(CCN2CCOCC2)C(=O)C(C)(C)C)cc1. The highest BCUT2D eigenvalue weighted by atomic mass is 16.5. The van der Waals surface area contributed by atoms with Gasteiger partial charge in [0.05, 0.1) is 13.2 Å². The molecule has 5 heteroatoms. The molecule has 0 aliphatic carbocycles. The summed E-state index contributed by atoms with van der Waals surface area (Å²) in [5.41, 5.74) is 1.98. The predicted octanol–water partition coefficient (Wildman–Crippen LogP) is 2.46. The number of ether oxygens (including phenoxy) is 1. The number of rotatable bonds is 6. The molecule has 1 heterocycles. The second-order valence-corrected chi connectivity index (χ2v) is 7.99. The quantitative estimate of drug-likeness (QED) is 0.792. The van der Waals surface area contributed by atoms with Gasteiger partial charge < -0.3 is 14.5 Å². The highest BCUT2D eigenvalue weighted by Crippen LogP contribution is 2.20. The van der Waals surface area contributed by atoms with E-state index >= 15 is 0 Å². The molecule has 1 fully saturated rings. The minimum absolute atomic E-state index is 0.206. The van der Waals surface area contributed by atoms with Crippen molar-refractivity contribution < 1.29 is 9.53 Å². The lowest BCUT2D eigenvalue weighted by atomic mass is 9.94. The van der Waals surface area contributed by atoms with Gasteiger partial charge in [-0.2, -0.15) is 0 Å². The first kappa shape index (κ1) is 19.7. The number of morpholine rings is 1. The van der Waals surface area contributed by atoms with Gasteiger partial charge in [0.15, 0.2) is 0 Å². The third kappa shape index (κ3) is 6.01. The number of nitrogens with zero attached hydrogens (tertiary/aromatic N) is 3. The summed E-state index contributed by atoms with van der Waals surface area (Å²) in [7, 11) is 4.07. The van der Waals surface area contributed by atoms with Crippen LogP contribution in [0.5, 0.6) is 0 Å². The van der Waals surface area contributed by atoms with E-state index < -0.39 is 0 Å². The third-order valence-corrected chi connectivity index (χ3v) is 4.54. The number of hydrogen-bond donors (Lipinski definition) is 0. The van der Waals surface area contributed by atoms with E-state index in [2.05, 4.69) is 34.1 Å². The molecule has 1 amide bonds. The summed E-state index contributed by atoms with van der Waals surface area (Å²) in [6.07, 6.45) is 0. The van der Waals surface area contributed by atoms with Gasteiger partial charge in [0.2, 0.25) is 5.91 Å². The highest BCUT2D eigenvalue weighted by molar-refractivity contribution is 5.81. The minimum Gasteiger partial charge on any atom is -0.379 e. The molecule has 0 bridgehead atoms. The van der Waals surface area contributed by atoms with Crippen molar-refractivity contribution in [3.63, 3.8) is 0 Å². The van der Waals surface area contributed by atoms with Gasteiger partial charge in [-0.25, -0.2) is 0 Å². The van der Waals surface area contributed by atoms with Gasteiger partial charge in [-0.1, -0.05) is 32.9 Å². The molecule has 2 rings (SSSR count). The summed E-state index contributed by atoms with van der Waals surface area (Å²) in [6, 6.07) is 8.45. The zero-order valence-electron chi connectivity index (χ0n) is 16.4. The zero-order chi connectivity index (χ0) is 18.4. The van der Waals surface area contributed by atoms with Crippen molar-refractivity contribution in [2.24, 2.45) is 5.41 Å². The number of benzene rings is 1. The molecule has 0 unspecified atom stereocenters. The largest absolute Gasteiger partial charge is 0.379 e. The number of carbonyl (C=O) groups is 1. The predicted molar refractivity (Wildman–Crippen MR) is 103 cm³/mol. The first-order valence-electron chi connectivity index (χ1n) is 9.13. The Balaban J connectivity index is 2.03. The lowest BCUT2D eigenvalue weighted by Gasteiger charge is -2.33. The molecule has 0 atom stereocenters. The summed E-state index contributed by atoms with van der Waals surface area (Å²) >= 11 is 0. The summed E-state index contributed by atoms with van der Waals surface area (Å²) in [5.74, 6) is 0.206. The van der Waals surface area contributed by atoms with Crippen molar-refractivity contribution in [3.8, 4) is 0 Å². The van der Waals surface area contributed by atoms with E-state index in [9.17, 15) is 4.79 Å². The van der Waals surface area contributed by atoms with Crippen LogP contribution < -0.4 is 4.90 Å². The van der Waals surface area contributed by atoms with E-state index in [4.69, 9.17) is 4.74 Å². The van der Waals surface area contributed by atoms with Crippen molar-refractivity contribution in [1.29, 1.82) is 0 Å². The normalized spacial score (nSPS) is 15.9. The molecule has 1 saturated heterocycles. The fraction of sp³-hybridized carbons (Fsp3) is 0.650. The van der Waals surface area contributed by atoms with E-state index in [0.717, 1.165) is 39.4 Å². The maximum atomic E-state index is 12.9. The van der Waals surface area contributed by atoms with Crippen LogP contribution in [0.15, 0.2) is 24.3 Å². The fourth-order valence-electron chi connectivity index (χ4n) is 2.93. The number of amides is 1. The van der Waals surface area contributed by atoms with Crippen LogP contribution in [0.2, 0.25) is 0 Å². The maximum absolute atomic E-state index is 12.9. The Bertz CT molecular complexity index is 543. The molecule has 1 aromatic carbocycles. The van der Waals surface area contributed by atoms with E-state index in [1.165, 1.54) is 11.3 Å². The van der Waals surface area contributed by atoms with Crippen molar-refractivity contribution >= 4 is 11.6 Å². The van der Waals surface area contributed by atoms with Crippen LogP contribution in [0.1, 0.15) is 26.3 Å². The summed E-state index contributed by atoms with van der Waals surface area (Å²) in [6.45, 7) is 11.8. The van der Waals surface area contributed by atoms with Gasteiger partial charge >= 0.3 is 0 Å². The topological polar surface area (TPSA) is 36.0 Å². The molecule has 1 aromatic rings. The van der Waals surface area contributed by atoms with Gasteiger partial charge in [-0.15, -0.1) is 0 Å². The molecular weight excluding hydrogens is 314 g/mol. The summed E-state index contributed by atoms with van der Waals surface area (Å²) < 4.78 is 5.41. The molecule has 0 radical (unpaired) electrons. The summed E-state index contributed by atoms with van der Waals surface area (Å²) in [5, 5.41) is 0. The van der Waals surface area contributed by atoms with Gasteiger partial charge in [0, 0.05) is 57.9 Å².